The van der Waals surface area contributed by atoms with Crippen LogP contribution in [0.15, 0.2) is 23.4 Å². The van der Waals surface area contributed by atoms with Gasteiger partial charge >= 0.3 is 6.03 Å². The minimum atomic E-state index is -4.04. The van der Waals surface area contributed by atoms with E-state index in [0.29, 0.717) is 56.9 Å². The molecular formula is C21H28N8O4S. The van der Waals surface area contributed by atoms with Crippen molar-refractivity contribution in [1.82, 2.24) is 29.2 Å². The number of aromatic nitrogens is 2. The topological polar surface area (TPSA) is 143 Å². The van der Waals surface area contributed by atoms with E-state index in [9.17, 15) is 23.3 Å². The Morgan fingerprint density at radius 2 is 1.91 bits per heavy atom. The summed E-state index contributed by atoms with van der Waals surface area (Å²) in [5, 5.41) is 12.1. The number of sulfonamides is 1. The van der Waals surface area contributed by atoms with Crippen LogP contribution >= 0.6 is 0 Å². The Morgan fingerprint density at radius 3 is 2.47 bits per heavy atom. The highest BCUT2D eigenvalue weighted by molar-refractivity contribution is 7.89. The lowest BCUT2D eigenvalue weighted by Crippen LogP contribution is -2.51. The van der Waals surface area contributed by atoms with Crippen LogP contribution in [0.1, 0.15) is 30.3 Å². The smallest absolute Gasteiger partial charge is 0.319 e. The molecular weight excluding hydrogens is 460 g/mol. The van der Waals surface area contributed by atoms with Gasteiger partial charge in [-0.15, -0.1) is 0 Å². The van der Waals surface area contributed by atoms with Crippen molar-refractivity contribution in [3.63, 3.8) is 0 Å². The molecule has 1 saturated carbocycles. The minimum Gasteiger partial charge on any atom is -0.365 e. The van der Waals surface area contributed by atoms with Crippen LogP contribution in [0.25, 0.3) is 5.65 Å². The quantitative estimate of drug-likeness (QED) is 0.592. The Labute approximate surface area is 198 Å². The van der Waals surface area contributed by atoms with Gasteiger partial charge in [0, 0.05) is 53.0 Å². The minimum absolute atomic E-state index is 0.0631. The summed E-state index contributed by atoms with van der Waals surface area (Å²) < 4.78 is 30.4. The number of imidazole rings is 1. The highest BCUT2D eigenvalue weighted by atomic mass is 32.2. The van der Waals surface area contributed by atoms with Gasteiger partial charge in [0.25, 0.3) is 5.91 Å². The van der Waals surface area contributed by atoms with E-state index in [-0.39, 0.29) is 22.5 Å². The SMILES string of the molecule is CCNC(=O)c1cnc2c(N3CCN(C(=O)N(C)C)CC3)cc(S(=O)(=O)NC3(C#N)CC3)cn12. The number of rotatable bonds is 6. The van der Waals surface area contributed by atoms with E-state index < -0.39 is 15.6 Å². The first-order valence-corrected chi connectivity index (χ1v) is 12.5. The van der Waals surface area contributed by atoms with Gasteiger partial charge in [-0.2, -0.15) is 9.98 Å². The summed E-state index contributed by atoms with van der Waals surface area (Å²) in [5.41, 5.74) is 0.105. The monoisotopic (exact) mass is 488 g/mol. The second kappa shape index (κ2) is 8.77. The number of carbonyl (C=O) groups excluding carboxylic acids is 2. The molecule has 2 aromatic heterocycles. The van der Waals surface area contributed by atoms with Crippen LogP contribution < -0.4 is 14.9 Å². The number of nitriles is 1. The average Bonchev–Trinajstić information content (AvgIpc) is 3.44. The molecule has 2 aromatic rings. The van der Waals surface area contributed by atoms with Gasteiger partial charge < -0.3 is 20.0 Å². The van der Waals surface area contributed by atoms with Crippen LogP contribution in [0.3, 0.4) is 0 Å². The number of urea groups is 1. The Balaban J connectivity index is 1.74. The molecule has 34 heavy (non-hydrogen) atoms. The Bertz CT molecular complexity index is 1270. The standard InChI is InChI=1S/C21H28N8O4S/c1-4-23-19(30)17-12-24-18-16(27-7-9-28(10-8-27)20(31)26(2)3)11-15(13-29(17)18)34(32,33)25-21(14-22)5-6-21/h11-13,25H,4-10H2,1-3H3,(H,23,30). The molecule has 0 aromatic carbocycles. The molecule has 1 aliphatic carbocycles. The number of piperazine rings is 1. The van der Waals surface area contributed by atoms with Crippen molar-refractivity contribution in [2.75, 3.05) is 51.7 Å². The fourth-order valence-corrected chi connectivity index (χ4v) is 5.34. The van der Waals surface area contributed by atoms with E-state index in [1.54, 1.807) is 25.9 Å². The maximum atomic E-state index is 13.2. The van der Waals surface area contributed by atoms with Gasteiger partial charge in [-0.3, -0.25) is 9.20 Å². The van der Waals surface area contributed by atoms with Crippen LogP contribution in [0.5, 0.6) is 0 Å². The fraction of sp³-hybridized carbons (Fsp3) is 0.524. The number of nitrogens with zero attached hydrogens (tertiary/aromatic N) is 6. The maximum absolute atomic E-state index is 13.2. The molecule has 1 saturated heterocycles. The van der Waals surface area contributed by atoms with Crippen LogP contribution in [0, 0.1) is 11.3 Å². The largest absolute Gasteiger partial charge is 0.365 e. The third-order valence-electron chi connectivity index (χ3n) is 6.01. The van der Waals surface area contributed by atoms with Crippen LogP contribution in [0.4, 0.5) is 10.5 Å². The first-order chi connectivity index (χ1) is 16.1. The van der Waals surface area contributed by atoms with Crippen molar-refractivity contribution in [1.29, 1.82) is 5.26 Å². The molecule has 3 amide bonds. The molecule has 12 nitrogen and oxygen atoms in total. The summed E-state index contributed by atoms with van der Waals surface area (Å²) >= 11 is 0. The summed E-state index contributed by atoms with van der Waals surface area (Å²) in [6.45, 7) is 4.05. The third-order valence-corrected chi connectivity index (χ3v) is 7.51. The van der Waals surface area contributed by atoms with E-state index in [4.69, 9.17) is 0 Å². The molecule has 1 aliphatic heterocycles. The number of amides is 3. The lowest BCUT2D eigenvalue weighted by Gasteiger charge is -2.37. The van der Waals surface area contributed by atoms with Gasteiger partial charge in [-0.05, 0) is 25.8 Å². The molecule has 13 heteroatoms. The number of anilines is 1. The van der Waals surface area contributed by atoms with Gasteiger partial charge in [-0.25, -0.2) is 18.2 Å². The predicted molar refractivity (Wildman–Crippen MR) is 124 cm³/mol. The summed E-state index contributed by atoms with van der Waals surface area (Å²) in [5.74, 6) is -0.374. The van der Waals surface area contributed by atoms with E-state index in [0.717, 1.165) is 0 Å². The van der Waals surface area contributed by atoms with Gasteiger partial charge in [0.2, 0.25) is 10.0 Å². The zero-order chi connectivity index (χ0) is 24.7. The molecule has 2 N–H and O–H groups in total. The molecule has 4 rings (SSSR count). The Kier molecular flexibility index (Phi) is 6.13. The first-order valence-electron chi connectivity index (χ1n) is 11.1. The normalized spacial score (nSPS) is 17.4. The number of hydrogen-bond acceptors (Lipinski definition) is 7. The lowest BCUT2D eigenvalue weighted by atomic mass is 10.2. The molecule has 0 spiro atoms. The Morgan fingerprint density at radius 1 is 1.24 bits per heavy atom. The molecule has 0 bridgehead atoms. The van der Waals surface area contributed by atoms with E-state index in [2.05, 4.69) is 15.0 Å². The fourth-order valence-electron chi connectivity index (χ4n) is 3.94. The van der Waals surface area contributed by atoms with Crippen molar-refractivity contribution in [2.24, 2.45) is 0 Å². The molecule has 2 fully saturated rings. The van der Waals surface area contributed by atoms with Crippen LogP contribution in [-0.2, 0) is 10.0 Å². The van der Waals surface area contributed by atoms with Crippen molar-refractivity contribution in [3.8, 4) is 6.07 Å². The van der Waals surface area contributed by atoms with Crippen molar-refractivity contribution >= 4 is 33.3 Å². The van der Waals surface area contributed by atoms with Gasteiger partial charge in [0.15, 0.2) is 5.65 Å². The van der Waals surface area contributed by atoms with Crippen molar-refractivity contribution in [3.05, 3.63) is 24.2 Å². The van der Waals surface area contributed by atoms with Gasteiger partial charge in [0.1, 0.15) is 16.1 Å². The molecule has 2 aliphatic rings. The number of pyridine rings is 1. The number of carbonyl (C=O) groups is 2. The molecule has 0 atom stereocenters. The molecule has 0 unspecified atom stereocenters. The summed E-state index contributed by atoms with van der Waals surface area (Å²) in [6, 6.07) is 3.46. The molecule has 0 radical (unpaired) electrons. The summed E-state index contributed by atoms with van der Waals surface area (Å²) in [4.78, 5) is 34.4. The number of hydrogen-bond donors (Lipinski definition) is 2. The molecule has 3 heterocycles. The number of fused-ring (bicyclic) bond motifs is 1. The van der Waals surface area contributed by atoms with E-state index >= 15 is 0 Å². The Hall–Kier alpha value is -3.37. The third kappa shape index (κ3) is 4.38. The van der Waals surface area contributed by atoms with Crippen molar-refractivity contribution < 1.29 is 18.0 Å². The predicted octanol–water partition coefficient (Wildman–Crippen LogP) is 0.222. The maximum Gasteiger partial charge on any atom is 0.319 e. The van der Waals surface area contributed by atoms with E-state index in [1.807, 2.05) is 11.0 Å². The van der Waals surface area contributed by atoms with Gasteiger partial charge in [-0.1, -0.05) is 0 Å². The van der Waals surface area contributed by atoms with Crippen LogP contribution in [-0.4, -0.2) is 91.9 Å². The lowest BCUT2D eigenvalue weighted by molar-refractivity contribution is 0.0950. The zero-order valence-corrected chi connectivity index (χ0v) is 20.2. The zero-order valence-electron chi connectivity index (χ0n) is 19.4. The summed E-state index contributed by atoms with van der Waals surface area (Å²) in [7, 11) is -0.648. The number of nitrogens with one attached hydrogen (secondary N) is 2. The highest BCUT2D eigenvalue weighted by Gasteiger charge is 2.47. The first kappa shape index (κ1) is 23.8. The van der Waals surface area contributed by atoms with Crippen LogP contribution in [0.2, 0.25) is 0 Å². The second-order valence-electron chi connectivity index (χ2n) is 8.71. The average molecular weight is 489 g/mol. The molecule has 182 valence electrons. The summed E-state index contributed by atoms with van der Waals surface area (Å²) in [6.07, 6.45) is 3.68. The van der Waals surface area contributed by atoms with E-state index in [1.165, 1.54) is 27.8 Å². The van der Waals surface area contributed by atoms with Crippen molar-refractivity contribution in [2.45, 2.75) is 30.2 Å². The second-order valence-corrected chi connectivity index (χ2v) is 10.4. The highest BCUT2D eigenvalue weighted by Crippen LogP contribution is 2.36. The van der Waals surface area contributed by atoms with Gasteiger partial charge in [0.05, 0.1) is 18.0 Å².